The van der Waals surface area contributed by atoms with E-state index in [0.29, 0.717) is 16.3 Å². The first-order valence-electron chi connectivity index (χ1n) is 8.23. The van der Waals surface area contributed by atoms with Crippen molar-refractivity contribution in [3.63, 3.8) is 0 Å². The van der Waals surface area contributed by atoms with Gasteiger partial charge >= 0.3 is 5.76 Å². The van der Waals surface area contributed by atoms with E-state index in [1.165, 1.54) is 9.44 Å². The molecule has 4 rings (SSSR count). The van der Waals surface area contributed by atoms with Crippen LogP contribution >= 0.6 is 23.1 Å². The summed E-state index contributed by atoms with van der Waals surface area (Å²) < 4.78 is 6.63. The summed E-state index contributed by atoms with van der Waals surface area (Å²) in [7, 11) is 0. The fraction of sp³-hybridized carbons (Fsp3) is 0.333. The van der Waals surface area contributed by atoms with E-state index < -0.39 is 5.76 Å². The average molecular weight is 374 g/mol. The Kier molecular flexibility index (Phi) is 4.67. The van der Waals surface area contributed by atoms with Gasteiger partial charge in [0.25, 0.3) is 0 Å². The van der Waals surface area contributed by atoms with Gasteiger partial charge in [0, 0.05) is 29.0 Å². The Balaban J connectivity index is 1.47. The molecule has 2 aromatic heterocycles. The molecule has 7 heteroatoms. The maximum Gasteiger partial charge on any atom is 0.420 e. The van der Waals surface area contributed by atoms with E-state index in [4.69, 9.17) is 4.42 Å². The zero-order chi connectivity index (χ0) is 17.2. The largest absolute Gasteiger partial charge is 0.420 e. The van der Waals surface area contributed by atoms with Gasteiger partial charge in [-0.25, -0.2) is 4.79 Å². The van der Waals surface area contributed by atoms with E-state index in [0.717, 1.165) is 25.3 Å². The summed E-state index contributed by atoms with van der Waals surface area (Å²) in [6.07, 6.45) is 0.942. The van der Waals surface area contributed by atoms with Gasteiger partial charge in [0.05, 0.1) is 5.52 Å². The van der Waals surface area contributed by atoms with Gasteiger partial charge in [-0.05, 0) is 30.0 Å². The van der Waals surface area contributed by atoms with E-state index in [-0.39, 0.29) is 12.5 Å². The quantitative estimate of drug-likeness (QED) is 0.705. The van der Waals surface area contributed by atoms with Crippen LogP contribution in [0.1, 0.15) is 16.5 Å². The van der Waals surface area contributed by atoms with Gasteiger partial charge in [-0.2, -0.15) is 11.8 Å². The summed E-state index contributed by atoms with van der Waals surface area (Å²) in [6, 6.07) is 11.4. The van der Waals surface area contributed by atoms with Gasteiger partial charge in [0.15, 0.2) is 5.58 Å². The highest BCUT2D eigenvalue weighted by atomic mass is 32.2. The van der Waals surface area contributed by atoms with E-state index in [1.807, 2.05) is 28.8 Å². The molecular formula is C18H18N2O3S2. The lowest BCUT2D eigenvalue weighted by molar-refractivity contribution is -0.131. The minimum absolute atomic E-state index is 0.0268. The highest BCUT2D eigenvalue weighted by molar-refractivity contribution is 7.99. The third-order valence-electron chi connectivity index (χ3n) is 4.42. The number of oxazole rings is 1. The second-order valence-electron chi connectivity index (χ2n) is 5.97. The average Bonchev–Trinajstić information content (AvgIpc) is 3.17. The fourth-order valence-electron chi connectivity index (χ4n) is 3.12. The van der Waals surface area contributed by atoms with Crippen molar-refractivity contribution >= 4 is 40.1 Å². The number of carbonyl (C=O) groups excluding carboxylic acids is 1. The summed E-state index contributed by atoms with van der Waals surface area (Å²) >= 11 is 3.68. The zero-order valence-corrected chi connectivity index (χ0v) is 15.2. The monoisotopic (exact) mass is 374 g/mol. The summed E-state index contributed by atoms with van der Waals surface area (Å²) in [5.41, 5.74) is 1.19. The molecule has 130 valence electrons. The molecule has 1 fully saturated rings. The minimum Gasteiger partial charge on any atom is -0.408 e. The predicted molar refractivity (Wildman–Crippen MR) is 101 cm³/mol. The van der Waals surface area contributed by atoms with Gasteiger partial charge in [-0.1, -0.05) is 18.2 Å². The van der Waals surface area contributed by atoms with Gasteiger partial charge in [-0.3, -0.25) is 9.36 Å². The maximum atomic E-state index is 12.7. The molecule has 1 atom stereocenters. The van der Waals surface area contributed by atoms with Crippen LogP contribution in [-0.4, -0.2) is 34.2 Å². The zero-order valence-electron chi connectivity index (χ0n) is 13.6. The molecule has 1 aliphatic heterocycles. The number of carbonyl (C=O) groups is 1. The number of aromatic nitrogens is 1. The van der Waals surface area contributed by atoms with E-state index in [9.17, 15) is 9.59 Å². The second kappa shape index (κ2) is 7.09. The number of hydrogen-bond donors (Lipinski definition) is 0. The molecule has 0 radical (unpaired) electrons. The van der Waals surface area contributed by atoms with Crippen LogP contribution in [0, 0.1) is 0 Å². The number of benzene rings is 1. The molecule has 0 N–H and O–H groups in total. The standard InChI is InChI=1S/C18H18N2O3S2/c21-17(12-20-13-4-1-2-5-14(13)23-18(20)22)19-8-7-16(25-11-9-19)15-6-3-10-24-15/h1-6,10,16H,7-9,11-12H2/t16-/m0/s1. The molecule has 1 amide bonds. The first kappa shape index (κ1) is 16.5. The Morgan fingerprint density at radius 1 is 1.20 bits per heavy atom. The Bertz CT molecular complexity index is 929. The van der Waals surface area contributed by atoms with Crippen LogP contribution < -0.4 is 5.76 Å². The predicted octanol–water partition coefficient (Wildman–Crippen LogP) is 3.36. The van der Waals surface area contributed by atoms with Gasteiger partial charge in [0.1, 0.15) is 6.54 Å². The number of rotatable bonds is 3. The summed E-state index contributed by atoms with van der Waals surface area (Å²) in [5.74, 6) is 0.409. The van der Waals surface area contributed by atoms with Crippen LogP contribution in [0.25, 0.3) is 11.1 Å². The molecule has 3 heterocycles. The first-order chi connectivity index (χ1) is 12.2. The lowest BCUT2D eigenvalue weighted by Crippen LogP contribution is -2.37. The van der Waals surface area contributed by atoms with E-state index >= 15 is 0 Å². The van der Waals surface area contributed by atoms with Crippen molar-refractivity contribution in [1.82, 2.24) is 9.47 Å². The summed E-state index contributed by atoms with van der Waals surface area (Å²) in [4.78, 5) is 28.0. The van der Waals surface area contributed by atoms with Crippen molar-refractivity contribution in [2.45, 2.75) is 18.2 Å². The Labute approximate surface area is 153 Å². The summed E-state index contributed by atoms with van der Waals surface area (Å²) in [6.45, 7) is 1.47. The van der Waals surface area contributed by atoms with Crippen LogP contribution in [-0.2, 0) is 11.3 Å². The molecule has 25 heavy (non-hydrogen) atoms. The molecule has 3 aromatic rings. The van der Waals surface area contributed by atoms with Crippen molar-refractivity contribution < 1.29 is 9.21 Å². The van der Waals surface area contributed by atoms with Crippen LogP contribution in [0.4, 0.5) is 0 Å². The van der Waals surface area contributed by atoms with E-state index in [1.54, 1.807) is 23.5 Å². The minimum atomic E-state index is -0.477. The highest BCUT2D eigenvalue weighted by Gasteiger charge is 2.23. The SMILES string of the molecule is O=C(Cn1c(=O)oc2ccccc21)N1CCS[C@H](c2cccs2)CC1. The van der Waals surface area contributed by atoms with Crippen LogP contribution in [0.2, 0.25) is 0 Å². The van der Waals surface area contributed by atoms with Crippen LogP contribution in [0.15, 0.2) is 51.0 Å². The second-order valence-corrected chi connectivity index (χ2v) is 8.26. The molecule has 0 unspecified atom stereocenters. The Morgan fingerprint density at radius 3 is 2.92 bits per heavy atom. The smallest absolute Gasteiger partial charge is 0.408 e. The molecular weight excluding hydrogens is 356 g/mol. The van der Waals surface area contributed by atoms with Gasteiger partial charge in [-0.15, -0.1) is 11.3 Å². The maximum absolute atomic E-state index is 12.7. The lowest BCUT2D eigenvalue weighted by atomic mass is 10.2. The molecule has 0 aliphatic carbocycles. The normalized spacial score (nSPS) is 18.4. The number of thioether (sulfide) groups is 1. The number of amides is 1. The number of thiophene rings is 1. The molecule has 0 saturated carbocycles. The number of nitrogens with zero attached hydrogens (tertiary/aromatic N) is 2. The Hall–Kier alpha value is -1.99. The third-order valence-corrected chi connectivity index (χ3v) is 6.87. The van der Waals surface area contributed by atoms with E-state index in [2.05, 4.69) is 17.5 Å². The topological polar surface area (TPSA) is 55.5 Å². The van der Waals surface area contributed by atoms with Gasteiger partial charge < -0.3 is 9.32 Å². The fourth-order valence-corrected chi connectivity index (χ4v) is 5.36. The number of fused-ring (bicyclic) bond motifs is 1. The van der Waals surface area contributed by atoms with Crippen molar-refractivity contribution in [1.29, 1.82) is 0 Å². The Morgan fingerprint density at radius 2 is 2.08 bits per heavy atom. The van der Waals surface area contributed by atoms with Crippen molar-refractivity contribution in [3.8, 4) is 0 Å². The van der Waals surface area contributed by atoms with Crippen molar-refractivity contribution in [2.24, 2.45) is 0 Å². The number of para-hydroxylation sites is 2. The van der Waals surface area contributed by atoms with Crippen molar-refractivity contribution in [2.75, 3.05) is 18.8 Å². The molecule has 1 saturated heterocycles. The highest BCUT2D eigenvalue weighted by Crippen LogP contribution is 2.36. The van der Waals surface area contributed by atoms with Gasteiger partial charge in [0.2, 0.25) is 5.91 Å². The number of hydrogen-bond acceptors (Lipinski definition) is 5. The molecule has 1 aromatic carbocycles. The molecule has 1 aliphatic rings. The molecule has 5 nitrogen and oxygen atoms in total. The van der Waals surface area contributed by atoms with Crippen LogP contribution in [0.5, 0.6) is 0 Å². The molecule has 0 spiro atoms. The van der Waals surface area contributed by atoms with Crippen molar-refractivity contribution in [3.05, 3.63) is 57.2 Å². The summed E-state index contributed by atoms with van der Waals surface area (Å²) in [5, 5.41) is 2.55. The molecule has 0 bridgehead atoms. The third kappa shape index (κ3) is 3.39. The lowest BCUT2D eigenvalue weighted by Gasteiger charge is -2.20. The first-order valence-corrected chi connectivity index (χ1v) is 10.2. The van der Waals surface area contributed by atoms with Crippen LogP contribution in [0.3, 0.4) is 0 Å².